The van der Waals surface area contributed by atoms with Gasteiger partial charge < -0.3 is 5.32 Å². The summed E-state index contributed by atoms with van der Waals surface area (Å²) in [5, 5.41) is 18.9. The highest BCUT2D eigenvalue weighted by atomic mass is 19.4. The maximum Gasteiger partial charge on any atom is 0.435 e. The number of aromatic nitrogens is 6. The van der Waals surface area contributed by atoms with Gasteiger partial charge in [0.2, 0.25) is 0 Å². The van der Waals surface area contributed by atoms with Gasteiger partial charge in [-0.3, -0.25) is 9.48 Å². The molecule has 2 aromatic carbocycles. The summed E-state index contributed by atoms with van der Waals surface area (Å²) in [5.41, 5.74) is 3.54. The highest BCUT2D eigenvalue weighted by Crippen LogP contribution is 2.42. The molecule has 8 nitrogen and oxygen atoms in total. The maximum atomic E-state index is 13.4. The molecular formula is C28H30F3N7O. The second-order valence-electron chi connectivity index (χ2n) is 10.5. The Hall–Kier alpha value is -4.02. The van der Waals surface area contributed by atoms with Crippen LogP contribution in [0.1, 0.15) is 78.6 Å². The molecule has 0 saturated heterocycles. The van der Waals surface area contributed by atoms with E-state index in [1.54, 1.807) is 23.7 Å². The van der Waals surface area contributed by atoms with E-state index < -0.39 is 17.9 Å². The van der Waals surface area contributed by atoms with Gasteiger partial charge in [0.1, 0.15) is 0 Å². The Balaban J connectivity index is 1.44. The molecule has 1 aliphatic carbocycles. The smallest absolute Gasteiger partial charge is 0.348 e. The average Bonchev–Trinajstić information content (AvgIpc) is 3.42. The number of nitrogens with one attached hydrogen (secondary N) is 1. The lowest BCUT2D eigenvalue weighted by molar-refractivity contribution is -0.141. The van der Waals surface area contributed by atoms with Gasteiger partial charge in [-0.1, -0.05) is 43.7 Å². The Morgan fingerprint density at radius 2 is 1.77 bits per heavy atom. The number of halogens is 3. The van der Waals surface area contributed by atoms with Crippen LogP contribution in [0.2, 0.25) is 0 Å². The third-order valence-electron chi connectivity index (χ3n) is 6.74. The molecule has 1 aliphatic rings. The standard InChI is InChI=1S/C28H30F3N7O/c1-16(2)26-33-35-36-38(26)23-12-21(19-7-5-17(3)6-8-19)11-22(13-23)27(39)32-18(4)15-37-24(20-9-10-20)14-25(34-37)28(29,30)31/h5-8,11-14,16,18,20H,9-10,15H2,1-4H3,(H,32,39). The lowest BCUT2D eigenvalue weighted by Crippen LogP contribution is -2.36. The molecule has 2 aromatic heterocycles. The van der Waals surface area contributed by atoms with Crippen LogP contribution in [-0.2, 0) is 12.7 Å². The first kappa shape index (κ1) is 26.6. The summed E-state index contributed by atoms with van der Waals surface area (Å²) < 4.78 is 42.9. The van der Waals surface area contributed by atoms with Crippen LogP contribution < -0.4 is 5.32 Å². The summed E-state index contributed by atoms with van der Waals surface area (Å²) in [5.74, 6) is 0.434. The fourth-order valence-corrected chi connectivity index (χ4v) is 4.55. The molecule has 2 heterocycles. The van der Waals surface area contributed by atoms with Crippen molar-refractivity contribution < 1.29 is 18.0 Å². The third-order valence-corrected chi connectivity index (χ3v) is 6.74. The molecule has 5 rings (SSSR count). The average molecular weight is 538 g/mol. The predicted molar refractivity (Wildman–Crippen MR) is 140 cm³/mol. The van der Waals surface area contributed by atoms with Crippen molar-refractivity contribution in [1.82, 2.24) is 35.3 Å². The number of rotatable bonds is 8. The summed E-state index contributed by atoms with van der Waals surface area (Å²) >= 11 is 0. The number of carbonyl (C=O) groups excluding carboxylic acids is 1. The monoisotopic (exact) mass is 537 g/mol. The molecule has 0 bridgehead atoms. The molecule has 39 heavy (non-hydrogen) atoms. The van der Waals surface area contributed by atoms with Gasteiger partial charge in [-0.2, -0.15) is 23.0 Å². The van der Waals surface area contributed by atoms with Crippen LogP contribution in [0.15, 0.2) is 48.5 Å². The molecular weight excluding hydrogens is 507 g/mol. The van der Waals surface area contributed by atoms with Crippen LogP contribution in [0.5, 0.6) is 0 Å². The van der Waals surface area contributed by atoms with Crippen molar-refractivity contribution in [2.75, 3.05) is 0 Å². The second-order valence-corrected chi connectivity index (χ2v) is 10.5. The van der Waals surface area contributed by atoms with Crippen LogP contribution in [-0.4, -0.2) is 41.9 Å². The molecule has 4 aromatic rings. The summed E-state index contributed by atoms with van der Waals surface area (Å²) in [6, 6.07) is 14.1. The SMILES string of the molecule is Cc1ccc(-c2cc(C(=O)NC(C)Cn3nc(C(F)(F)F)cc3C3CC3)cc(-n3nnnc3C(C)C)c2)cc1. The quantitative estimate of drug-likeness (QED) is 0.313. The summed E-state index contributed by atoms with van der Waals surface area (Å²) in [4.78, 5) is 13.4. The zero-order valence-corrected chi connectivity index (χ0v) is 22.2. The number of amides is 1. The first-order valence-corrected chi connectivity index (χ1v) is 13.0. The van der Waals surface area contributed by atoms with Crippen molar-refractivity contribution in [1.29, 1.82) is 0 Å². The number of alkyl halides is 3. The van der Waals surface area contributed by atoms with Gasteiger partial charge in [0.05, 0.1) is 12.2 Å². The zero-order chi connectivity index (χ0) is 27.9. The van der Waals surface area contributed by atoms with E-state index in [-0.39, 0.29) is 24.3 Å². The van der Waals surface area contributed by atoms with Gasteiger partial charge in [0.25, 0.3) is 5.91 Å². The van der Waals surface area contributed by atoms with E-state index in [0.717, 1.165) is 35.6 Å². The minimum absolute atomic E-state index is 0.0525. The van der Waals surface area contributed by atoms with Gasteiger partial charge in [0, 0.05) is 29.1 Å². The Labute approximate surface area is 224 Å². The van der Waals surface area contributed by atoms with E-state index in [0.29, 0.717) is 22.8 Å². The van der Waals surface area contributed by atoms with Crippen LogP contribution in [0.4, 0.5) is 13.2 Å². The Morgan fingerprint density at radius 1 is 1.05 bits per heavy atom. The first-order valence-electron chi connectivity index (χ1n) is 13.0. The van der Waals surface area contributed by atoms with Crippen molar-refractivity contribution in [3.63, 3.8) is 0 Å². The van der Waals surface area contributed by atoms with Crippen LogP contribution in [0.3, 0.4) is 0 Å². The van der Waals surface area contributed by atoms with Crippen molar-refractivity contribution in [3.05, 3.63) is 76.9 Å². The maximum absolute atomic E-state index is 13.4. The number of benzene rings is 2. The van der Waals surface area contributed by atoms with E-state index in [9.17, 15) is 18.0 Å². The van der Waals surface area contributed by atoms with E-state index >= 15 is 0 Å². The van der Waals surface area contributed by atoms with E-state index in [1.165, 1.54) is 4.68 Å². The second kappa shape index (κ2) is 10.3. The Kier molecular flexibility index (Phi) is 7.00. The lowest BCUT2D eigenvalue weighted by Gasteiger charge is -2.17. The topological polar surface area (TPSA) is 90.5 Å². The Morgan fingerprint density at radius 3 is 2.41 bits per heavy atom. The highest BCUT2D eigenvalue weighted by Gasteiger charge is 2.38. The summed E-state index contributed by atoms with van der Waals surface area (Å²) in [6.07, 6.45) is -2.83. The van der Waals surface area contributed by atoms with Gasteiger partial charge in [-0.25, -0.2) is 0 Å². The molecule has 1 unspecified atom stereocenters. The Bertz CT molecular complexity index is 1480. The predicted octanol–water partition coefficient (Wildman–Crippen LogP) is 5.67. The van der Waals surface area contributed by atoms with Gasteiger partial charge in [-0.15, -0.1) is 5.10 Å². The lowest BCUT2D eigenvalue weighted by atomic mass is 10.00. The van der Waals surface area contributed by atoms with Crippen LogP contribution >= 0.6 is 0 Å². The van der Waals surface area contributed by atoms with Crippen molar-refractivity contribution in [2.45, 2.75) is 71.1 Å². The van der Waals surface area contributed by atoms with E-state index in [1.807, 2.05) is 51.1 Å². The van der Waals surface area contributed by atoms with Gasteiger partial charge >= 0.3 is 6.18 Å². The van der Waals surface area contributed by atoms with Crippen molar-refractivity contribution in [3.8, 4) is 16.8 Å². The fourth-order valence-electron chi connectivity index (χ4n) is 4.55. The number of hydrogen-bond donors (Lipinski definition) is 1. The van der Waals surface area contributed by atoms with E-state index in [4.69, 9.17) is 0 Å². The fraction of sp³-hybridized carbons (Fsp3) is 0.393. The van der Waals surface area contributed by atoms with Crippen molar-refractivity contribution in [2.24, 2.45) is 0 Å². The molecule has 1 saturated carbocycles. The molecule has 1 N–H and O–H groups in total. The molecule has 0 spiro atoms. The third kappa shape index (κ3) is 5.86. The number of nitrogens with zero attached hydrogens (tertiary/aromatic N) is 6. The van der Waals surface area contributed by atoms with Crippen LogP contribution in [0, 0.1) is 6.92 Å². The minimum atomic E-state index is -4.51. The number of carbonyl (C=O) groups is 1. The molecule has 0 aliphatic heterocycles. The highest BCUT2D eigenvalue weighted by molar-refractivity contribution is 5.96. The normalized spacial score (nSPS) is 14.6. The molecule has 0 radical (unpaired) electrons. The minimum Gasteiger partial charge on any atom is -0.348 e. The zero-order valence-electron chi connectivity index (χ0n) is 22.2. The molecule has 1 atom stereocenters. The van der Waals surface area contributed by atoms with Gasteiger partial charge in [0.15, 0.2) is 11.5 Å². The summed E-state index contributed by atoms with van der Waals surface area (Å²) in [6.45, 7) is 7.85. The number of tetrazole rings is 1. The number of aryl methyl sites for hydroxylation is 1. The molecule has 11 heteroatoms. The summed E-state index contributed by atoms with van der Waals surface area (Å²) in [7, 11) is 0. The van der Waals surface area contributed by atoms with Crippen molar-refractivity contribution >= 4 is 5.91 Å². The van der Waals surface area contributed by atoms with Gasteiger partial charge in [-0.05, 0) is 72.5 Å². The molecule has 1 fully saturated rings. The molecule has 204 valence electrons. The first-order chi connectivity index (χ1) is 18.5. The van der Waals surface area contributed by atoms with E-state index in [2.05, 4.69) is 25.9 Å². The van der Waals surface area contributed by atoms with Crippen LogP contribution in [0.25, 0.3) is 16.8 Å². The number of hydrogen-bond acceptors (Lipinski definition) is 5. The largest absolute Gasteiger partial charge is 0.435 e. The molecule has 1 amide bonds.